The maximum atomic E-state index is 14.0. The minimum atomic E-state index is -0.517. The fourth-order valence-corrected chi connectivity index (χ4v) is 2.31. The molecule has 26 heavy (non-hydrogen) atoms. The lowest BCUT2D eigenvalue weighted by Gasteiger charge is -2.23. The number of halogens is 1. The van der Waals surface area contributed by atoms with Gasteiger partial charge in [-0.3, -0.25) is 4.98 Å². The van der Waals surface area contributed by atoms with Crippen molar-refractivity contribution in [1.82, 2.24) is 4.98 Å². The SMILES string of the molecule is COC(C)(C)COc1ccc2c(Oc3ccc(N)cc3F)ccnc2c1. The molecule has 0 fully saturated rings. The number of nitrogens with zero attached hydrogens (tertiary/aromatic N) is 1. The van der Waals surface area contributed by atoms with E-state index in [4.69, 9.17) is 19.9 Å². The van der Waals surface area contributed by atoms with Crippen LogP contribution < -0.4 is 15.2 Å². The summed E-state index contributed by atoms with van der Waals surface area (Å²) in [5.74, 6) is 0.763. The van der Waals surface area contributed by atoms with Crippen molar-refractivity contribution in [3.05, 3.63) is 54.5 Å². The van der Waals surface area contributed by atoms with Crippen molar-refractivity contribution in [2.24, 2.45) is 0 Å². The molecule has 2 N–H and O–H groups in total. The van der Waals surface area contributed by atoms with Crippen LogP contribution in [0.4, 0.5) is 10.1 Å². The minimum Gasteiger partial charge on any atom is -0.491 e. The van der Waals surface area contributed by atoms with E-state index < -0.39 is 5.82 Å². The summed E-state index contributed by atoms with van der Waals surface area (Å²) in [5.41, 5.74) is 6.21. The van der Waals surface area contributed by atoms with Gasteiger partial charge in [-0.15, -0.1) is 0 Å². The topological polar surface area (TPSA) is 66.6 Å². The van der Waals surface area contributed by atoms with Crippen LogP contribution in [-0.2, 0) is 4.74 Å². The lowest BCUT2D eigenvalue weighted by atomic mass is 10.1. The Morgan fingerprint density at radius 1 is 1.08 bits per heavy atom. The Morgan fingerprint density at radius 2 is 1.88 bits per heavy atom. The van der Waals surface area contributed by atoms with Crippen molar-refractivity contribution in [3.63, 3.8) is 0 Å². The molecule has 3 rings (SSSR count). The summed E-state index contributed by atoms with van der Waals surface area (Å²) in [6.45, 7) is 4.29. The zero-order valence-corrected chi connectivity index (χ0v) is 15.0. The molecule has 3 aromatic rings. The van der Waals surface area contributed by atoms with Crippen molar-refractivity contribution in [2.75, 3.05) is 19.5 Å². The maximum absolute atomic E-state index is 14.0. The lowest BCUT2D eigenvalue weighted by molar-refractivity contribution is -0.0146. The van der Waals surface area contributed by atoms with E-state index in [1.165, 1.54) is 12.1 Å². The third-order valence-corrected chi connectivity index (χ3v) is 3.99. The molecule has 1 heterocycles. The average molecular weight is 356 g/mol. The second kappa shape index (κ2) is 7.17. The van der Waals surface area contributed by atoms with Crippen LogP contribution in [0.5, 0.6) is 17.2 Å². The normalized spacial score (nSPS) is 11.5. The highest BCUT2D eigenvalue weighted by molar-refractivity contribution is 5.86. The monoisotopic (exact) mass is 356 g/mol. The smallest absolute Gasteiger partial charge is 0.167 e. The first kappa shape index (κ1) is 17.9. The summed E-state index contributed by atoms with van der Waals surface area (Å²) >= 11 is 0. The van der Waals surface area contributed by atoms with Crippen molar-refractivity contribution in [3.8, 4) is 17.2 Å². The summed E-state index contributed by atoms with van der Waals surface area (Å²) in [6, 6.07) is 11.5. The number of methoxy groups -OCH3 is 1. The van der Waals surface area contributed by atoms with Crippen molar-refractivity contribution in [2.45, 2.75) is 19.4 Å². The molecule has 2 aromatic carbocycles. The Balaban J connectivity index is 1.86. The van der Waals surface area contributed by atoms with Crippen LogP contribution >= 0.6 is 0 Å². The number of hydrogen-bond donors (Lipinski definition) is 1. The number of nitrogens with two attached hydrogens (primary N) is 1. The Bertz CT molecular complexity index is 928. The molecule has 5 nitrogen and oxygen atoms in total. The van der Waals surface area contributed by atoms with Gasteiger partial charge in [-0.05, 0) is 44.2 Å². The zero-order chi connectivity index (χ0) is 18.7. The first-order valence-electron chi connectivity index (χ1n) is 8.17. The van der Waals surface area contributed by atoms with Crippen molar-refractivity contribution < 1.29 is 18.6 Å². The number of nitrogen functional groups attached to an aromatic ring is 1. The van der Waals surface area contributed by atoms with E-state index in [1.807, 2.05) is 32.0 Å². The average Bonchev–Trinajstić information content (AvgIpc) is 2.62. The molecule has 6 heteroatoms. The molecule has 0 aliphatic rings. The second-order valence-corrected chi connectivity index (χ2v) is 6.53. The zero-order valence-electron chi connectivity index (χ0n) is 15.0. The van der Waals surface area contributed by atoms with Crippen molar-refractivity contribution in [1.29, 1.82) is 0 Å². The summed E-state index contributed by atoms with van der Waals surface area (Å²) in [7, 11) is 1.64. The van der Waals surface area contributed by atoms with Gasteiger partial charge in [0, 0.05) is 36.5 Å². The fourth-order valence-electron chi connectivity index (χ4n) is 2.31. The summed E-state index contributed by atoms with van der Waals surface area (Å²) < 4.78 is 30.8. The summed E-state index contributed by atoms with van der Waals surface area (Å²) in [6.07, 6.45) is 1.61. The number of fused-ring (bicyclic) bond motifs is 1. The van der Waals surface area contributed by atoms with E-state index >= 15 is 0 Å². The lowest BCUT2D eigenvalue weighted by Crippen LogP contribution is -2.30. The number of aromatic nitrogens is 1. The van der Waals surface area contributed by atoms with Gasteiger partial charge >= 0.3 is 0 Å². The molecule has 0 saturated heterocycles. The number of pyridine rings is 1. The standard InChI is InChI=1S/C20H21FN2O3/c1-20(2,24-3)12-25-14-5-6-15-17(11-14)23-9-8-18(15)26-19-7-4-13(22)10-16(19)21/h4-11H,12,22H2,1-3H3. The molecule has 0 bridgehead atoms. The van der Waals surface area contributed by atoms with Gasteiger partial charge in [0.1, 0.15) is 18.1 Å². The predicted octanol–water partition coefficient (Wildman–Crippen LogP) is 4.55. The quantitative estimate of drug-likeness (QED) is 0.656. The van der Waals surface area contributed by atoms with Gasteiger partial charge in [0.2, 0.25) is 0 Å². The van der Waals surface area contributed by atoms with Crippen LogP contribution in [-0.4, -0.2) is 24.3 Å². The van der Waals surface area contributed by atoms with Crippen molar-refractivity contribution >= 4 is 16.6 Å². The molecule has 136 valence electrons. The molecule has 0 aliphatic heterocycles. The summed E-state index contributed by atoms with van der Waals surface area (Å²) in [5, 5.41) is 0.752. The largest absolute Gasteiger partial charge is 0.491 e. The highest BCUT2D eigenvalue weighted by atomic mass is 19.1. The molecule has 0 atom stereocenters. The maximum Gasteiger partial charge on any atom is 0.167 e. The van der Waals surface area contributed by atoms with Gasteiger partial charge in [-0.1, -0.05) is 0 Å². The molecule has 0 aliphatic carbocycles. The second-order valence-electron chi connectivity index (χ2n) is 6.53. The molecular weight excluding hydrogens is 335 g/mol. The fraction of sp³-hybridized carbons (Fsp3) is 0.250. The molecule has 0 amide bonds. The van der Waals surface area contributed by atoms with Gasteiger partial charge in [0.15, 0.2) is 11.6 Å². The van der Waals surface area contributed by atoms with Crippen LogP contribution in [0.2, 0.25) is 0 Å². The highest BCUT2D eigenvalue weighted by Crippen LogP contribution is 2.32. The number of hydrogen-bond acceptors (Lipinski definition) is 5. The van der Waals surface area contributed by atoms with Crippen LogP contribution in [0.3, 0.4) is 0 Å². The van der Waals surface area contributed by atoms with E-state index in [9.17, 15) is 4.39 Å². The van der Waals surface area contributed by atoms with Gasteiger partial charge in [0.25, 0.3) is 0 Å². The minimum absolute atomic E-state index is 0.105. The Kier molecular flexibility index (Phi) is 4.95. The molecule has 0 radical (unpaired) electrons. The first-order valence-corrected chi connectivity index (χ1v) is 8.17. The van der Waals surface area contributed by atoms with E-state index in [-0.39, 0.29) is 11.4 Å². The molecule has 0 unspecified atom stereocenters. The first-order chi connectivity index (χ1) is 12.4. The Hall–Kier alpha value is -2.86. The third-order valence-electron chi connectivity index (χ3n) is 3.99. The molecule has 1 aromatic heterocycles. The van der Waals surface area contributed by atoms with Crippen LogP contribution in [0, 0.1) is 5.82 Å². The number of ether oxygens (including phenoxy) is 3. The number of anilines is 1. The van der Waals surface area contributed by atoms with Crippen LogP contribution in [0.25, 0.3) is 10.9 Å². The van der Waals surface area contributed by atoms with E-state index in [1.54, 1.807) is 25.4 Å². The van der Waals surface area contributed by atoms with Gasteiger partial charge < -0.3 is 19.9 Å². The van der Waals surface area contributed by atoms with E-state index in [0.717, 1.165) is 5.39 Å². The van der Waals surface area contributed by atoms with Crippen LogP contribution in [0.1, 0.15) is 13.8 Å². The molecular formula is C20H21FN2O3. The third kappa shape index (κ3) is 4.03. The highest BCUT2D eigenvalue weighted by Gasteiger charge is 2.17. The molecule has 0 spiro atoms. The Labute approximate surface area is 151 Å². The summed E-state index contributed by atoms with van der Waals surface area (Å²) in [4.78, 5) is 4.34. The van der Waals surface area contributed by atoms with Gasteiger partial charge in [-0.2, -0.15) is 0 Å². The predicted molar refractivity (Wildman–Crippen MR) is 99.2 cm³/mol. The van der Waals surface area contributed by atoms with E-state index in [0.29, 0.717) is 29.3 Å². The van der Waals surface area contributed by atoms with Crippen LogP contribution in [0.15, 0.2) is 48.7 Å². The molecule has 0 saturated carbocycles. The Morgan fingerprint density at radius 3 is 2.62 bits per heavy atom. The van der Waals surface area contributed by atoms with E-state index in [2.05, 4.69) is 4.98 Å². The number of benzene rings is 2. The van der Waals surface area contributed by atoms with Gasteiger partial charge in [0.05, 0.1) is 11.1 Å². The van der Waals surface area contributed by atoms with Gasteiger partial charge in [-0.25, -0.2) is 4.39 Å². The number of rotatable bonds is 6.